The molecule has 2 nitrogen and oxygen atoms in total. The molecule has 0 unspecified atom stereocenters. The molecular weight excluding hydrogens is 185 g/mol. The van der Waals surface area contributed by atoms with E-state index < -0.39 is 12.6 Å². The molecule has 0 heterocycles. The summed E-state index contributed by atoms with van der Waals surface area (Å²) in [7, 11) is 0. The van der Waals surface area contributed by atoms with E-state index in [1.165, 1.54) is 0 Å². The van der Waals surface area contributed by atoms with Crippen molar-refractivity contribution in [3.05, 3.63) is 0 Å². The Bertz CT molecular complexity index is 114. The second-order valence-electron chi connectivity index (χ2n) is 2.76. The minimum atomic E-state index is -4.12. The van der Waals surface area contributed by atoms with E-state index >= 15 is 0 Å². The van der Waals surface area contributed by atoms with E-state index in [-0.39, 0.29) is 13.2 Å². The summed E-state index contributed by atoms with van der Waals surface area (Å²) in [5.41, 5.74) is 0. The third-order valence-corrected chi connectivity index (χ3v) is 1.48. The number of hydrogen-bond acceptors (Lipinski definition) is 2. The van der Waals surface area contributed by atoms with Gasteiger partial charge in [0, 0.05) is 13.2 Å². The molecule has 0 saturated carbocycles. The second kappa shape index (κ2) is 7.15. The van der Waals surface area contributed by atoms with E-state index in [1.807, 2.05) is 0 Å². The van der Waals surface area contributed by atoms with E-state index in [2.05, 4.69) is 0 Å². The Morgan fingerprint density at radius 1 is 1.00 bits per heavy atom. The van der Waals surface area contributed by atoms with Crippen molar-refractivity contribution in [2.75, 3.05) is 19.8 Å². The first-order valence-electron chi connectivity index (χ1n) is 4.31. The van der Waals surface area contributed by atoms with Crippen molar-refractivity contribution < 1.29 is 23.0 Å². The number of alkyl halides is 3. The lowest BCUT2D eigenvalue weighted by Crippen LogP contribution is -2.11. The van der Waals surface area contributed by atoms with Crippen LogP contribution in [0.1, 0.15) is 25.7 Å². The zero-order valence-electron chi connectivity index (χ0n) is 7.44. The first-order chi connectivity index (χ1) is 6.06. The number of aliphatic hydroxyl groups is 1. The maximum atomic E-state index is 11.6. The fraction of sp³-hybridized carbons (Fsp3) is 1.00. The van der Waals surface area contributed by atoms with Gasteiger partial charge in [0.15, 0.2) is 0 Å². The van der Waals surface area contributed by atoms with E-state index in [1.54, 1.807) is 0 Å². The van der Waals surface area contributed by atoms with E-state index in [4.69, 9.17) is 9.84 Å². The Balaban J connectivity index is 3.00. The molecule has 0 aliphatic rings. The molecule has 0 aromatic rings. The maximum Gasteiger partial charge on any atom is 0.391 e. The minimum Gasteiger partial charge on any atom is -0.396 e. The monoisotopic (exact) mass is 200 g/mol. The predicted molar refractivity (Wildman–Crippen MR) is 42.4 cm³/mol. The average molecular weight is 200 g/mol. The number of rotatable bonds is 7. The molecule has 0 aliphatic carbocycles. The van der Waals surface area contributed by atoms with E-state index in [0.29, 0.717) is 19.4 Å². The normalized spacial score (nSPS) is 12.0. The highest BCUT2D eigenvalue weighted by molar-refractivity contribution is 4.48. The van der Waals surface area contributed by atoms with Crippen molar-refractivity contribution in [1.29, 1.82) is 0 Å². The van der Waals surface area contributed by atoms with Gasteiger partial charge < -0.3 is 9.84 Å². The third-order valence-electron chi connectivity index (χ3n) is 1.48. The van der Waals surface area contributed by atoms with Gasteiger partial charge in [0.2, 0.25) is 0 Å². The van der Waals surface area contributed by atoms with Crippen LogP contribution in [-0.4, -0.2) is 31.1 Å². The molecule has 1 N–H and O–H groups in total. The Morgan fingerprint density at radius 3 is 2.23 bits per heavy atom. The summed E-state index contributed by atoms with van der Waals surface area (Å²) < 4.78 is 39.5. The van der Waals surface area contributed by atoms with Crippen LogP contribution in [0.15, 0.2) is 0 Å². The zero-order chi connectivity index (χ0) is 10.2. The highest BCUT2D eigenvalue weighted by atomic mass is 19.4. The van der Waals surface area contributed by atoms with Gasteiger partial charge in [0.1, 0.15) is 0 Å². The SMILES string of the molecule is OCCCCCOCCC(F)(F)F. The van der Waals surface area contributed by atoms with Crippen molar-refractivity contribution >= 4 is 0 Å². The molecule has 80 valence electrons. The fourth-order valence-corrected chi connectivity index (χ4v) is 0.783. The largest absolute Gasteiger partial charge is 0.396 e. The summed E-state index contributed by atoms with van der Waals surface area (Å²) in [6, 6.07) is 0. The summed E-state index contributed by atoms with van der Waals surface area (Å²) in [6.45, 7) is 0.210. The summed E-state index contributed by atoms with van der Waals surface area (Å²) >= 11 is 0. The number of unbranched alkanes of at least 4 members (excludes halogenated alkanes) is 2. The standard InChI is InChI=1S/C8H15F3O2/c9-8(10,11)4-7-13-6-3-1-2-5-12/h12H,1-7H2. The van der Waals surface area contributed by atoms with Crippen LogP contribution in [-0.2, 0) is 4.74 Å². The fourth-order valence-electron chi connectivity index (χ4n) is 0.783. The number of aliphatic hydroxyl groups excluding tert-OH is 1. The summed E-state index contributed by atoms with van der Waals surface area (Å²) in [4.78, 5) is 0. The summed E-state index contributed by atoms with van der Waals surface area (Å²) in [6.07, 6.45) is -2.82. The van der Waals surface area contributed by atoms with Gasteiger partial charge >= 0.3 is 6.18 Å². The van der Waals surface area contributed by atoms with Crippen LogP contribution >= 0.6 is 0 Å². The first-order valence-corrected chi connectivity index (χ1v) is 4.31. The smallest absolute Gasteiger partial charge is 0.391 e. The predicted octanol–water partition coefficient (Wildman–Crippen LogP) is 2.12. The Morgan fingerprint density at radius 2 is 1.69 bits per heavy atom. The quantitative estimate of drug-likeness (QED) is 0.638. The molecule has 0 bridgehead atoms. The summed E-state index contributed by atoms with van der Waals surface area (Å²) in [5, 5.41) is 8.39. The van der Waals surface area contributed by atoms with E-state index in [0.717, 1.165) is 6.42 Å². The highest BCUT2D eigenvalue weighted by Crippen LogP contribution is 2.18. The minimum absolute atomic E-state index is 0.128. The highest BCUT2D eigenvalue weighted by Gasteiger charge is 2.26. The zero-order valence-corrected chi connectivity index (χ0v) is 7.44. The summed E-state index contributed by atoms with van der Waals surface area (Å²) in [5.74, 6) is 0. The van der Waals surface area contributed by atoms with Crippen molar-refractivity contribution in [3.8, 4) is 0 Å². The first kappa shape index (κ1) is 12.7. The molecule has 0 atom stereocenters. The number of hydrogen-bond donors (Lipinski definition) is 1. The molecule has 0 rings (SSSR count). The molecule has 0 saturated heterocycles. The molecule has 0 spiro atoms. The molecular formula is C8H15F3O2. The number of halogens is 3. The van der Waals surface area contributed by atoms with Crippen molar-refractivity contribution in [2.45, 2.75) is 31.9 Å². The van der Waals surface area contributed by atoms with Gasteiger partial charge in [-0.1, -0.05) is 0 Å². The van der Waals surface area contributed by atoms with Crippen LogP contribution in [0.2, 0.25) is 0 Å². The molecule has 0 radical (unpaired) electrons. The van der Waals surface area contributed by atoms with Crippen LogP contribution < -0.4 is 0 Å². The van der Waals surface area contributed by atoms with Crippen LogP contribution in [0.5, 0.6) is 0 Å². The number of ether oxygens (including phenoxy) is 1. The van der Waals surface area contributed by atoms with Gasteiger partial charge in [-0.15, -0.1) is 0 Å². The van der Waals surface area contributed by atoms with Gasteiger partial charge in [-0.05, 0) is 19.3 Å². The average Bonchev–Trinajstić information content (AvgIpc) is 2.01. The van der Waals surface area contributed by atoms with Gasteiger partial charge in [-0.2, -0.15) is 13.2 Å². The maximum absolute atomic E-state index is 11.6. The Kier molecular flexibility index (Phi) is 6.99. The van der Waals surface area contributed by atoms with Crippen LogP contribution in [0.25, 0.3) is 0 Å². The molecule has 0 aliphatic heterocycles. The van der Waals surface area contributed by atoms with E-state index in [9.17, 15) is 13.2 Å². The Hall–Kier alpha value is -0.290. The molecule has 0 aromatic heterocycles. The lowest BCUT2D eigenvalue weighted by molar-refractivity contribution is -0.145. The Labute approximate surface area is 75.7 Å². The third kappa shape index (κ3) is 11.7. The van der Waals surface area contributed by atoms with Crippen LogP contribution in [0, 0.1) is 0 Å². The lowest BCUT2D eigenvalue weighted by atomic mass is 10.2. The van der Waals surface area contributed by atoms with Crippen LogP contribution in [0.3, 0.4) is 0 Å². The second-order valence-corrected chi connectivity index (χ2v) is 2.76. The van der Waals surface area contributed by atoms with Crippen molar-refractivity contribution in [1.82, 2.24) is 0 Å². The molecule has 5 heteroatoms. The molecule has 13 heavy (non-hydrogen) atoms. The van der Waals surface area contributed by atoms with Gasteiger partial charge in [-0.25, -0.2) is 0 Å². The van der Waals surface area contributed by atoms with Crippen molar-refractivity contribution in [2.24, 2.45) is 0 Å². The van der Waals surface area contributed by atoms with Gasteiger partial charge in [0.05, 0.1) is 13.0 Å². The van der Waals surface area contributed by atoms with Gasteiger partial charge in [-0.3, -0.25) is 0 Å². The lowest BCUT2D eigenvalue weighted by Gasteiger charge is -2.06. The molecule has 0 fully saturated rings. The molecule has 0 amide bonds. The molecule has 0 aromatic carbocycles. The van der Waals surface area contributed by atoms with Gasteiger partial charge in [0.25, 0.3) is 0 Å². The van der Waals surface area contributed by atoms with Crippen LogP contribution in [0.4, 0.5) is 13.2 Å². The van der Waals surface area contributed by atoms with Crippen molar-refractivity contribution in [3.63, 3.8) is 0 Å². The topological polar surface area (TPSA) is 29.5 Å².